The van der Waals surface area contributed by atoms with Crippen molar-refractivity contribution in [2.24, 2.45) is 0 Å². The van der Waals surface area contributed by atoms with Gasteiger partial charge in [0, 0.05) is 12.4 Å². The van der Waals surface area contributed by atoms with Gasteiger partial charge in [0.05, 0.1) is 6.20 Å². The highest BCUT2D eigenvalue weighted by molar-refractivity contribution is 6.01. The molecule has 0 aliphatic carbocycles. The van der Waals surface area contributed by atoms with Gasteiger partial charge in [0.1, 0.15) is 5.56 Å². The minimum Gasteiger partial charge on any atom is -0.477 e. The molecule has 0 bridgehead atoms. The van der Waals surface area contributed by atoms with Crippen LogP contribution in [-0.2, 0) is 4.79 Å². The molecule has 8 nitrogen and oxygen atoms in total. The van der Waals surface area contributed by atoms with Crippen molar-refractivity contribution < 1.29 is 27.9 Å². The Morgan fingerprint density at radius 3 is 2.38 bits per heavy atom. The fourth-order valence-corrected chi connectivity index (χ4v) is 1.36. The van der Waals surface area contributed by atoms with Gasteiger partial charge in [-0.3, -0.25) is 4.79 Å². The van der Waals surface area contributed by atoms with Crippen LogP contribution in [0.2, 0.25) is 0 Å². The Bertz CT molecular complexity index is 683. The van der Waals surface area contributed by atoms with Gasteiger partial charge >= 0.3 is 18.1 Å². The number of nitrogens with one attached hydrogen (secondary N) is 1. The van der Waals surface area contributed by atoms with E-state index in [-0.39, 0.29) is 5.95 Å². The predicted octanol–water partition coefficient (Wildman–Crippen LogP) is 0.861. The van der Waals surface area contributed by atoms with Gasteiger partial charge in [0.2, 0.25) is 0 Å². The van der Waals surface area contributed by atoms with E-state index in [9.17, 15) is 22.8 Å². The molecule has 0 radical (unpaired) electrons. The van der Waals surface area contributed by atoms with Gasteiger partial charge in [-0.2, -0.15) is 23.0 Å². The Morgan fingerprint density at radius 1 is 1.24 bits per heavy atom. The Labute approximate surface area is 114 Å². The SMILES string of the molecule is O=C(O)c1cnn(-c2ncccn2)c1NC(=O)C(F)(F)F. The number of carbonyl (C=O) groups is 2. The molecule has 0 aliphatic heterocycles. The molecule has 0 atom stereocenters. The normalized spacial score (nSPS) is 11.2. The first-order valence-electron chi connectivity index (χ1n) is 5.27. The van der Waals surface area contributed by atoms with Crippen LogP contribution in [0.4, 0.5) is 19.0 Å². The summed E-state index contributed by atoms with van der Waals surface area (Å²) in [6, 6.07) is 1.44. The summed E-state index contributed by atoms with van der Waals surface area (Å²) in [4.78, 5) is 29.4. The molecule has 0 saturated carbocycles. The van der Waals surface area contributed by atoms with Crippen LogP contribution in [0.5, 0.6) is 0 Å². The van der Waals surface area contributed by atoms with E-state index in [0.717, 1.165) is 6.20 Å². The maximum absolute atomic E-state index is 12.3. The van der Waals surface area contributed by atoms with E-state index in [0.29, 0.717) is 4.68 Å². The largest absolute Gasteiger partial charge is 0.477 e. The minimum atomic E-state index is -5.18. The number of hydrogen-bond donors (Lipinski definition) is 2. The zero-order valence-corrected chi connectivity index (χ0v) is 10.00. The fourth-order valence-electron chi connectivity index (χ4n) is 1.36. The molecule has 2 rings (SSSR count). The summed E-state index contributed by atoms with van der Waals surface area (Å²) in [6.07, 6.45) is -1.84. The van der Waals surface area contributed by atoms with Crippen molar-refractivity contribution in [2.75, 3.05) is 5.32 Å². The third-order valence-corrected chi connectivity index (χ3v) is 2.23. The Kier molecular flexibility index (Phi) is 3.56. The number of aromatic nitrogens is 4. The topological polar surface area (TPSA) is 110 Å². The van der Waals surface area contributed by atoms with E-state index < -0.39 is 29.4 Å². The molecular weight excluding hydrogens is 295 g/mol. The number of carboxylic acid groups (broad SMARTS) is 1. The lowest BCUT2D eigenvalue weighted by molar-refractivity contribution is -0.167. The number of anilines is 1. The molecule has 2 aromatic rings. The summed E-state index contributed by atoms with van der Waals surface area (Å²) in [7, 11) is 0. The first-order chi connectivity index (χ1) is 9.80. The van der Waals surface area contributed by atoms with E-state index in [1.54, 1.807) is 0 Å². The number of aromatic carboxylic acids is 1. The van der Waals surface area contributed by atoms with Crippen molar-refractivity contribution >= 4 is 17.7 Å². The molecule has 21 heavy (non-hydrogen) atoms. The van der Waals surface area contributed by atoms with Crippen molar-refractivity contribution in [3.05, 3.63) is 30.2 Å². The van der Waals surface area contributed by atoms with Crippen molar-refractivity contribution in [1.29, 1.82) is 0 Å². The highest BCUT2D eigenvalue weighted by Gasteiger charge is 2.40. The summed E-state index contributed by atoms with van der Waals surface area (Å²) in [6.45, 7) is 0. The second-order valence-electron chi connectivity index (χ2n) is 3.62. The molecular formula is C10H6F3N5O3. The molecule has 2 aromatic heterocycles. The number of alkyl halides is 3. The number of carboxylic acids is 1. The summed E-state index contributed by atoms with van der Waals surface area (Å²) in [5.41, 5.74) is -0.625. The molecule has 0 aliphatic rings. The van der Waals surface area contributed by atoms with Crippen LogP contribution < -0.4 is 5.32 Å². The molecule has 0 spiro atoms. The van der Waals surface area contributed by atoms with Gasteiger partial charge in [-0.05, 0) is 6.07 Å². The lowest BCUT2D eigenvalue weighted by Crippen LogP contribution is -2.31. The Hall–Kier alpha value is -2.98. The van der Waals surface area contributed by atoms with E-state index in [1.165, 1.54) is 23.8 Å². The smallest absolute Gasteiger partial charge is 0.471 e. The maximum Gasteiger partial charge on any atom is 0.471 e. The highest BCUT2D eigenvalue weighted by Crippen LogP contribution is 2.22. The molecule has 0 aromatic carbocycles. The Morgan fingerprint density at radius 2 is 1.86 bits per heavy atom. The number of halogens is 3. The van der Waals surface area contributed by atoms with E-state index >= 15 is 0 Å². The van der Waals surface area contributed by atoms with Crippen LogP contribution in [0.25, 0.3) is 5.95 Å². The van der Waals surface area contributed by atoms with E-state index in [2.05, 4.69) is 15.1 Å². The fraction of sp³-hybridized carbons (Fsp3) is 0.100. The number of nitrogens with zero attached hydrogens (tertiary/aromatic N) is 4. The third kappa shape index (κ3) is 2.96. The first-order valence-corrected chi connectivity index (χ1v) is 5.27. The van der Waals surface area contributed by atoms with Crippen LogP contribution in [0.1, 0.15) is 10.4 Å². The Balaban J connectivity index is 2.49. The quantitative estimate of drug-likeness (QED) is 0.870. The van der Waals surface area contributed by atoms with Gasteiger partial charge in [-0.25, -0.2) is 14.8 Å². The van der Waals surface area contributed by atoms with Gasteiger partial charge in [0.15, 0.2) is 5.82 Å². The van der Waals surface area contributed by atoms with Crippen molar-refractivity contribution in [1.82, 2.24) is 19.7 Å². The molecule has 0 saturated heterocycles. The summed E-state index contributed by atoms with van der Waals surface area (Å²) < 4.78 is 37.6. The van der Waals surface area contributed by atoms with Crippen LogP contribution in [0.3, 0.4) is 0 Å². The lowest BCUT2D eigenvalue weighted by Gasteiger charge is -2.10. The molecule has 0 unspecified atom stereocenters. The van der Waals surface area contributed by atoms with E-state index in [1.807, 2.05) is 0 Å². The monoisotopic (exact) mass is 301 g/mol. The van der Waals surface area contributed by atoms with Crippen molar-refractivity contribution in [3.8, 4) is 5.95 Å². The van der Waals surface area contributed by atoms with Gasteiger partial charge in [0.25, 0.3) is 5.95 Å². The zero-order chi connectivity index (χ0) is 15.6. The molecule has 1 amide bonds. The summed E-state index contributed by atoms with van der Waals surface area (Å²) in [5.74, 6) is -4.77. The van der Waals surface area contributed by atoms with Crippen LogP contribution >= 0.6 is 0 Å². The third-order valence-electron chi connectivity index (χ3n) is 2.23. The predicted molar refractivity (Wildman–Crippen MR) is 60.8 cm³/mol. The molecule has 2 N–H and O–H groups in total. The number of amides is 1. The molecule has 11 heteroatoms. The van der Waals surface area contributed by atoms with Crippen LogP contribution in [-0.4, -0.2) is 42.9 Å². The van der Waals surface area contributed by atoms with Gasteiger partial charge < -0.3 is 10.4 Å². The molecule has 2 heterocycles. The van der Waals surface area contributed by atoms with Crippen molar-refractivity contribution in [2.45, 2.75) is 6.18 Å². The van der Waals surface area contributed by atoms with Crippen LogP contribution in [0.15, 0.2) is 24.7 Å². The van der Waals surface area contributed by atoms with Crippen LogP contribution in [0, 0.1) is 0 Å². The molecule has 110 valence electrons. The second kappa shape index (κ2) is 5.19. The standard InChI is InChI=1S/C10H6F3N5O3/c11-10(12,13)8(21)17-6-5(7(19)20)4-16-18(6)9-14-2-1-3-15-9/h1-4H,(H,17,21)(H,19,20). The second-order valence-corrected chi connectivity index (χ2v) is 3.62. The summed E-state index contributed by atoms with van der Waals surface area (Å²) >= 11 is 0. The summed E-state index contributed by atoms with van der Waals surface area (Å²) in [5, 5.41) is 13.9. The number of rotatable bonds is 3. The first kappa shape index (κ1) is 14.4. The minimum absolute atomic E-state index is 0.192. The maximum atomic E-state index is 12.3. The van der Waals surface area contributed by atoms with Crippen molar-refractivity contribution in [3.63, 3.8) is 0 Å². The zero-order valence-electron chi connectivity index (χ0n) is 10.00. The van der Waals surface area contributed by atoms with E-state index in [4.69, 9.17) is 5.11 Å². The average Bonchev–Trinajstić information content (AvgIpc) is 2.82. The van der Waals surface area contributed by atoms with Gasteiger partial charge in [-0.15, -0.1) is 0 Å². The van der Waals surface area contributed by atoms with Gasteiger partial charge in [-0.1, -0.05) is 0 Å². The molecule has 0 fully saturated rings. The lowest BCUT2D eigenvalue weighted by atomic mass is 10.3. The average molecular weight is 301 g/mol. The number of carbonyl (C=O) groups excluding carboxylic acids is 1. The number of hydrogen-bond acceptors (Lipinski definition) is 5. The highest BCUT2D eigenvalue weighted by atomic mass is 19.4.